The van der Waals surface area contributed by atoms with Gasteiger partial charge in [-0.2, -0.15) is 0 Å². The van der Waals surface area contributed by atoms with Crippen molar-refractivity contribution in [3.63, 3.8) is 0 Å². The lowest BCUT2D eigenvalue weighted by molar-refractivity contribution is 0.429. The molecule has 6 heteroatoms. The third kappa shape index (κ3) is 2.39. The second-order valence-electron chi connectivity index (χ2n) is 5.54. The number of hydrogen-bond donors (Lipinski definition) is 2. The average Bonchev–Trinajstić information content (AvgIpc) is 2.98. The van der Waals surface area contributed by atoms with Gasteiger partial charge in [-0.05, 0) is 30.3 Å². The van der Waals surface area contributed by atoms with Gasteiger partial charge in [-0.1, -0.05) is 18.2 Å². The molecular weight excluding hydrogens is 326 g/mol. The molecule has 0 radical (unpaired) electrons. The van der Waals surface area contributed by atoms with Gasteiger partial charge in [-0.3, -0.25) is 4.40 Å². The van der Waals surface area contributed by atoms with Gasteiger partial charge in [-0.15, -0.1) is 0 Å². The number of aromatic nitrogens is 2. The summed E-state index contributed by atoms with van der Waals surface area (Å²) in [6.07, 6.45) is 1.67. The minimum absolute atomic E-state index is 0.0348. The smallest absolute Gasteiger partial charge is 0.168 e. The number of nitrogens with zero attached hydrogens (tertiary/aromatic N) is 2. The molecule has 0 spiro atoms. The van der Waals surface area contributed by atoms with Gasteiger partial charge in [0.25, 0.3) is 0 Å². The number of halogens is 2. The van der Waals surface area contributed by atoms with Crippen molar-refractivity contribution in [2.24, 2.45) is 0 Å². The molecule has 0 aliphatic rings. The topological polar surface area (TPSA) is 57.8 Å². The van der Waals surface area contributed by atoms with Crippen LogP contribution in [0.4, 0.5) is 8.78 Å². The third-order valence-corrected chi connectivity index (χ3v) is 3.98. The highest BCUT2D eigenvalue weighted by Crippen LogP contribution is 2.37. The molecule has 4 rings (SSSR count). The maximum Gasteiger partial charge on any atom is 0.168 e. The normalized spacial score (nSPS) is 11.1. The zero-order valence-electron chi connectivity index (χ0n) is 12.8. The van der Waals surface area contributed by atoms with Crippen LogP contribution in [0.5, 0.6) is 11.5 Å². The highest BCUT2D eigenvalue weighted by atomic mass is 19.1. The molecule has 0 aliphatic carbocycles. The molecule has 0 saturated carbocycles. The maximum absolute atomic E-state index is 13.8. The van der Waals surface area contributed by atoms with Crippen molar-refractivity contribution in [2.75, 3.05) is 0 Å². The Hall–Kier alpha value is -3.41. The lowest BCUT2D eigenvalue weighted by atomic mass is 10.1. The molecule has 0 atom stereocenters. The summed E-state index contributed by atoms with van der Waals surface area (Å²) in [4.78, 5) is 4.44. The number of pyridine rings is 1. The second kappa shape index (κ2) is 5.59. The quantitative estimate of drug-likeness (QED) is 0.571. The van der Waals surface area contributed by atoms with Gasteiger partial charge in [0.15, 0.2) is 11.6 Å². The van der Waals surface area contributed by atoms with Gasteiger partial charge in [-0.25, -0.2) is 13.8 Å². The van der Waals surface area contributed by atoms with Crippen LogP contribution in [0.15, 0.2) is 60.8 Å². The first-order valence-corrected chi connectivity index (χ1v) is 7.50. The molecule has 0 fully saturated rings. The molecule has 2 aromatic carbocycles. The van der Waals surface area contributed by atoms with Crippen molar-refractivity contribution in [3.8, 4) is 34.1 Å². The molecule has 4 aromatic rings. The fourth-order valence-corrected chi connectivity index (χ4v) is 2.84. The summed E-state index contributed by atoms with van der Waals surface area (Å²) in [5, 5.41) is 20.2. The van der Waals surface area contributed by atoms with Crippen molar-refractivity contribution in [1.29, 1.82) is 0 Å². The minimum atomic E-state index is -1.06. The number of phenols is 2. The average molecular weight is 338 g/mol. The predicted octanol–water partition coefficient (Wildman–Crippen LogP) is 4.36. The molecule has 0 bridgehead atoms. The Morgan fingerprint density at radius 3 is 2.44 bits per heavy atom. The summed E-state index contributed by atoms with van der Waals surface area (Å²) in [6.45, 7) is 0. The van der Waals surface area contributed by atoms with Crippen LogP contribution in [0.3, 0.4) is 0 Å². The van der Waals surface area contributed by atoms with E-state index in [-0.39, 0.29) is 17.1 Å². The van der Waals surface area contributed by atoms with E-state index in [1.165, 1.54) is 6.07 Å². The molecule has 124 valence electrons. The molecule has 2 heterocycles. The van der Waals surface area contributed by atoms with Crippen molar-refractivity contribution >= 4 is 5.52 Å². The molecule has 0 saturated heterocycles. The van der Waals surface area contributed by atoms with Gasteiger partial charge in [0.1, 0.15) is 23.1 Å². The summed E-state index contributed by atoms with van der Waals surface area (Å²) >= 11 is 0. The summed E-state index contributed by atoms with van der Waals surface area (Å²) in [6, 6.07) is 13.6. The number of imidazole rings is 1. The van der Waals surface area contributed by atoms with E-state index in [0.717, 1.165) is 6.07 Å². The Morgan fingerprint density at radius 1 is 0.880 bits per heavy atom. The molecule has 0 amide bonds. The zero-order valence-corrected chi connectivity index (χ0v) is 12.8. The van der Waals surface area contributed by atoms with Crippen LogP contribution in [0.25, 0.3) is 28.2 Å². The Kier molecular flexibility index (Phi) is 3.39. The predicted molar refractivity (Wildman–Crippen MR) is 89.3 cm³/mol. The van der Waals surface area contributed by atoms with E-state index < -0.39 is 17.4 Å². The van der Waals surface area contributed by atoms with Crippen molar-refractivity contribution in [3.05, 3.63) is 72.4 Å². The van der Waals surface area contributed by atoms with E-state index in [1.54, 1.807) is 47.0 Å². The van der Waals surface area contributed by atoms with Gasteiger partial charge in [0.2, 0.25) is 0 Å². The summed E-state index contributed by atoms with van der Waals surface area (Å²) in [7, 11) is 0. The highest BCUT2D eigenvalue weighted by Gasteiger charge is 2.20. The van der Waals surface area contributed by atoms with E-state index >= 15 is 0 Å². The van der Waals surface area contributed by atoms with Crippen LogP contribution in [0.1, 0.15) is 0 Å². The highest BCUT2D eigenvalue weighted by molar-refractivity contribution is 5.84. The lowest BCUT2D eigenvalue weighted by Gasteiger charge is -2.05. The first-order valence-electron chi connectivity index (χ1n) is 7.50. The monoisotopic (exact) mass is 338 g/mol. The molecular formula is C19H12F2N2O2. The van der Waals surface area contributed by atoms with Crippen molar-refractivity contribution in [2.45, 2.75) is 0 Å². The van der Waals surface area contributed by atoms with E-state index in [1.807, 2.05) is 0 Å². The molecule has 0 unspecified atom stereocenters. The number of aromatic hydroxyl groups is 2. The number of fused-ring (bicyclic) bond motifs is 1. The summed E-state index contributed by atoms with van der Waals surface area (Å²) < 4.78 is 29.0. The van der Waals surface area contributed by atoms with E-state index in [4.69, 9.17) is 0 Å². The molecule has 2 aromatic heterocycles. The first kappa shape index (κ1) is 15.1. The standard InChI is InChI=1S/C19H12F2N2O2/c20-11-9-13(18(25)14(21)10-11)19-22-17(12-5-1-2-7-16(12)24)15-6-3-4-8-23(15)19/h1-10,24-25H. The van der Waals surface area contributed by atoms with Crippen LogP contribution in [0, 0.1) is 11.6 Å². The zero-order chi connectivity index (χ0) is 17.6. The van der Waals surface area contributed by atoms with E-state index in [2.05, 4.69) is 4.98 Å². The van der Waals surface area contributed by atoms with Crippen LogP contribution in [-0.4, -0.2) is 19.6 Å². The van der Waals surface area contributed by atoms with Crippen LogP contribution >= 0.6 is 0 Å². The maximum atomic E-state index is 13.8. The number of phenolic OH excluding ortho intramolecular Hbond substituents is 2. The first-order chi connectivity index (χ1) is 12.1. The Labute approximate surface area is 141 Å². The fraction of sp³-hybridized carbons (Fsp3) is 0. The van der Waals surface area contributed by atoms with Gasteiger partial charge in [0.05, 0.1) is 11.1 Å². The minimum Gasteiger partial charge on any atom is -0.507 e. The van der Waals surface area contributed by atoms with Gasteiger partial charge >= 0.3 is 0 Å². The van der Waals surface area contributed by atoms with E-state index in [0.29, 0.717) is 22.8 Å². The molecule has 4 nitrogen and oxygen atoms in total. The van der Waals surface area contributed by atoms with Crippen molar-refractivity contribution in [1.82, 2.24) is 9.38 Å². The van der Waals surface area contributed by atoms with E-state index in [9.17, 15) is 19.0 Å². The van der Waals surface area contributed by atoms with Gasteiger partial charge < -0.3 is 10.2 Å². The Balaban J connectivity index is 2.07. The van der Waals surface area contributed by atoms with Crippen LogP contribution < -0.4 is 0 Å². The number of rotatable bonds is 2. The van der Waals surface area contributed by atoms with Crippen LogP contribution in [0.2, 0.25) is 0 Å². The second-order valence-corrected chi connectivity index (χ2v) is 5.54. The lowest BCUT2D eigenvalue weighted by Crippen LogP contribution is -1.92. The molecule has 2 N–H and O–H groups in total. The Morgan fingerprint density at radius 2 is 1.64 bits per heavy atom. The fourth-order valence-electron chi connectivity index (χ4n) is 2.84. The largest absolute Gasteiger partial charge is 0.507 e. The SMILES string of the molecule is Oc1ccccc1-c1nc(-c2cc(F)cc(F)c2O)n2ccccc12. The molecule has 0 aliphatic heterocycles. The Bertz CT molecular complexity index is 1110. The van der Waals surface area contributed by atoms with Crippen LogP contribution in [-0.2, 0) is 0 Å². The molecule has 25 heavy (non-hydrogen) atoms. The number of benzene rings is 2. The number of para-hydroxylation sites is 1. The number of hydrogen-bond acceptors (Lipinski definition) is 3. The summed E-state index contributed by atoms with van der Waals surface area (Å²) in [5.74, 6) is -2.35. The third-order valence-electron chi connectivity index (χ3n) is 3.98. The summed E-state index contributed by atoms with van der Waals surface area (Å²) in [5.41, 5.74) is 1.48. The van der Waals surface area contributed by atoms with Gasteiger partial charge in [0, 0.05) is 17.8 Å². The van der Waals surface area contributed by atoms with Crippen molar-refractivity contribution < 1.29 is 19.0 Å².